The van der Waals surface area contributed by atoms with Crippen molar-refractivity contribution >= 4 is 16.8 Å². The Kier molecular flexibility index (Phi) is 5.68. The van der Waals surface area contributed by atoms with Crippen LogP contribution in [-0.2, 0) is 0 Å². The van der Waals surface area contributed by atoms with Gasteiger partial charge in [0.15, 0.2) is 0 Å². The van der Waals surface area contributed by atoms with Crippen LogP contribution in [0.3, 0.4) is 0 Å². The molecule has 29 heavy (non-hydrogen) atoms. The molecule has 0 atom stereocenters. The number of anilines is 1. The first-order valence-corrected chi connectivity index (χ1v) is 9.75. The standard InChI is InChI=1S/C28H23N/c29-26-18-16-25(17-19-26)28(24-14-8-3-9-15-24)21-20-27(22-10-4-1-5-11-22)23-12-6-2-7-13-23/h1-21H,29H2. The fourth-order valence-corrected chi connectivity index (χ4v) is 3.40. The Morgan fingerprint density at radius 3 is 1.07 bits per heavy atom. The Balaban J connectivity index is 1.87. The van der Waals surface area contributed by atoms with E-state index in [0.29, 0.717) is 0 Å². The predicted octanol–water partition coefficient (Wildman–Crippen LogP) is 6.83. The van der Waals surface area contributed by atoms with Crippen LogP contribution >= 0.6 is 0 Å². The Labute approximate surface area is 172 Å². The van der Waals surface area contributed by atoms with Crippen molar-refractivity contribution in [3.8, 4) is 0 Å². The van der Waals surface area contributed by atoms with E-state index in [9.17, 15) is 0 Å². The number of benzene rings is 4. The minimum atomic E-state index is 0.769. The number of rotatable bonds is 5. The minimum Gasteiger partial charge on any atom is -0.399 e. The van der Waals surface area contributed by atoms with Crippen LogP contribution < -0.4 is 5.73 Å². The summed E-state index contributed by atoms with van der Waals surface area (Å²) >= 11 is 0. The Morgan fingerprint density at radius 2 is 0.724 bits per heavy atom. The van der Waals surface area contributed by atoms with Gasteiger partial charge >= 0.3 is 0 Å². The third-order valence-corrected chi connectivity index (χ3v) is 4.89. The third kappa shape index (κ3) is 4.53. The lowest BCUT2D eigenvalue weighted by atomic mass is 9.94. The number of nitrogens with two attached hydrogens (primary N) is 1. The van der Waals surface area contributed by atoms with Gasteiger partial charge in [-0.2, -0.15) is 0 Å². The van der Waals surface area contributed by atoms with Gasteiger partial charge in [0.1, 0.15) is 0 Å². The molecule has 4 rings (SSSR count). The molecule has 0 radical (unpaired) electrons. The maximum absolute atomic E-state index is 5.91. The molecule has 0 aliphatic carbocycles. The molecule has 0 saturated heterocycles. The second-order valence-electron chi connectivity index (χ2n) is 6.88. The zero-order valence-electron chi connectivity index (χ0n) is 16.2. The molecule has 4 aromatic rings. The largest absolute Gasteiger partial charge is 0.399 e. The number of nitrogen functional groups attached to an aromatic ring is 1. The van der Waals surface area contributed by atoms with Crippen molar-refractivity contribution < 1.29 is 0 Å². The molecule has 0 amide bonds. The molecule has 0 spiro atoms. The molecule has 0 aliphatic rings. The van der Waals surface area contributed by atoms with Crippen molar-refractivity contribution in [1.82, 2.24) is 0 Å². The molecule has 0 aromatic heterocycles. The lowest BCUT2D eigenvalue weighted by Crippen LogP contribution is -1.91. The van der Waals surface area contributed by atoms with E-state index in [1.807, 2.05) is 30.3 Å². The maximum atomic E-state index is 5.91. The van der Waals surface area contributed by atoms with E-state index in [1.165, 1.54) is 22.3 Å². The highest BCUT2D eigenvalue weighted by atomic mass is 14.5. The van der Waals surface area contributed by atoms with E-state index in [4.69, 9.17) is 5.73 Å². The van der Waals surface area contributed by atoms with Crippen LogP contribution in [0.2, 0.25) is 0 Å². The van der Waals surface area contributed by atoms with Gasteiger partial charge in [0.05, 0.1) is 0 Å². The molecule has 1 heteroatoms. The second-order valence-corrected chi connectivity index (χ2v) is 6.88. The highest BCUT2D eigenvalue weighted by Crippen LogP contribution is 2.28. The summed E-state index contributed by atoms with van der Waals surface area (Å²) in [5, 5.41) is 0. The zero-order chi connectivity index (χ0) is 19.9. The van der Waals surface area contributed by atoms with Crippen molar-refractivity contribution in [1.29, 1.82) is 0 Å². The van der Waals surface area contributed by atoms with Crippen LogP contribution in [0.25, 0.3) is 11.1 Å². The smallest absolute Gasteiger partial charge is 0.0314 e. The summed E-state index contributed by atoms with van der Waals surface area (Å²) in [5.74, 6) is 0. The summed E-state index contributed by atoms with van der Waals surface area (Å²) in [4.78, 5) is 0. The van der Waals surface area contributed by atoms with E-state index in [1.54, 1.807) is 0 Å². The first-order valence-electron chi connectivity index (χ1n) is 9.75. The Morgan fingerprint density at radius 1 is 0.414 bits per heavy atom. The van der Waals surface area contributed by atoms with Gasteiger partial charge in [0.25, 0.3) is 0 Å². The van der Waals surface area contributed by atoms with Crippen LogP contribution in [0.1, 0.15) is 22.3 Å². The summed E-state index contributed by atoms with van der Waals surface area (Å²) in [7, 11) is 0. The van der Waals surface area contributed by atoms with Crippen LogP contribution in [0.15, 0.2) is 127 Å². The first-order chi connectivity index (χ1) is 14.3. The summed E-state index contributed by atoms with van der Waals surface area (Å²) in [6, 6.07) is 39.5. The van der Waals surface area contributed by atoms with Crippen LogP contribution in [0.5, 0.6) is 0 Å². The first kappa shape index (κ1) is 18.5. The van der Waals surface area contributed by atoms with Gasteiger partial charge in [-0.3, -0.25) is 0 Å². The van der Waals surface area contributed by atoms with Gasteiger partial charge in [-0.25, -0.2) is 0 Å². The number of allylic oxidation sites excluding steroid dienone is 2. The highest BCUT2D eigenvalue weighted by molar-refractivity contribution is 5.86. The van der Waals surface area contributed by atoms with E-state index in [-0.39, 0.29) is 0 Å². The third-order valence-electron chi connectivity index (χ3n) is 4.89. The van der Waals surface area contributed by atoms with Gasteiger partial charge in [-0.1, -0.05) is 115 Å². The molecule has 140 valence electrons. The average molecular weight is 373 g/mol. The molecule has 0 bridgehead atoms. The Bertz CT molecular complexity index is 1070. The fourth-order valence-electron chi connectivity index (χ4n) is 3.40. The van der Waals surface area contributed by atoms with Crippen LogP contribution in [0.4, 0.5) is 5.69 Å². The molecule has 4 aromatic carbocycles. The normalized spacial score (nSPS) is 11.1. The molecule has 0 aliphatic heterocycles. The zero-order valence-corrected chi connectivity index (χ0v) is 16.2. The molecular weight excluding hydrogens is 350 g/mol. The number of hydrogen-bond donors (Lipinski definition) is 1. The lowest BCUT2D eigenvalue weighted by molar-refractivity contribution is 1.53. The molecule has 1 nitrogen and oxygen atoms in total. The summed E-state index contributed by atoms with van der Waals surface area (Å²) in [6.45, 7) is 0. The van der Waals surface area contributed by atoms with Gasteiger partial charge < -0.3 is 5.73 Å². The fraction of sp³-hybridized carbons (Fsp3) is 0. The molecule has 0 saturated carbocycles. The maximum Gasteiger partial charge on any atom is 0.0314 e. The lowest BCUT2D eigenvalue weighted by Gasteiger charge is -2.11. The van der Waals surface area contributed by atoms with Crippen LogP contribution in [-0.4, -0.2) is 0 Å². The quantitative estimate of drug-likeness (QED) is 0.301. The van der Waals surface area contributed by atoms with Gasteiger partial charge in [-0.15, -0.1) is 0 Å². The predicted molar refractivity (Wildman–Crippen MR) is 124 cm³/mol. The van der Waals surface area contributed by atoms with Gasteiger partial charge in [0.2, 0.25) is 0 Å². The van der Waals surface area contributed by atoms with Crippen molar-refractivity contribution in [3.63, 3.8) is 0 Å². The van der Waals surface area contributed by atoms with E-state index >= 15 is 0 Å². The second kappa shape index (κ2) is 8.90. The summed E-state index contributed by atoms with van der Waals surface area (Å²) < 4.78 is 0. The molecule has 0 unspecified atom stereocenters. The SMILES string of the molecule is Nc1ccc(C(=CC=C(c2ccccc2)c2ccccc2)c2ccccc2)cc1. The summed E-state index contributed by atoms with van der Waals surface area (Å²) in [5.41, 5.74) is 13.7. The number of hydrogen-bond acceptors (Lipinski definition) is 1. The minimum absolute atomic E-state index is 0.769. The van der Waals surface area contributed by atoms with Crippen molar-refractivity contribution in [2.75, 3.05) is 5.73 Å². The molecule has 0 fully saturated rings. The average Bonchev–Trinajstić information content (AvgIpc) is 2.79. The van der Waals surface area contributed by atoms with Gasteiger partial charge in [0, 0.05) is 5.69 Å². The van der Waals surface area contributed by atoms with Crippen molar-refractivity contribution in [2.45, 2.75) is 0 Å². The highest BCUT2D eigenvalue weighted by Gasteiger charge is 2.07. The van der Waals surface area contributed by atoms with E-state index < -0.39 is 0 Å². The van der Waals surface area contributed by atoms with Crippen LogP contribution in [0, 0.1) is 0 Å². The summed E-state index contributed by atoms with van der Waals surface area (Å²) in [6.07, 6.45) is 4.42. The molecule has 2 N–H and O–H groups in total. The van der Waals surface area contributed by atoms with E-state index in [2.05, 4.69) is 97.1 Å². The van der Waals surface area contributed by atoms with Gasteiger partial charge in [-0.05, 0) is 45.5 Å². The van der Waals surface area contributed by atoms with Crippen molar-refractivity contribution in [3.05, 3.63) is 150 Å². The van der Waals surface area contributed by atoms with E-state index in [0.717, 1.165) is 16.8 Å². The molecular formula is C28H23N. The van der Waals surface area contributed by atoms with Crippen molar-refractivity contribution in [2.24, 2.45) is 0 Å². The topological polar surface area (TPSA) is 26.0 Å². The molecule has 0 heterocycles. The monoisotopic (exact) mass is 373 g/mol. The Hall–Kier alpha value is -3.84.